The summed E-state index contributed by atoms with van der Waals surface area (Å²) in [4.78, 5) is 22.6. The molecule has 0 saturated heterocycles. The second-order valence-electron chi connectivity index (χ2n) is 6.18. The Kier molecular flexibility index (Phi) is 5.26. The van der Waals surface area contributed by atoms with E-state index in [9.17, 15) is 4.79 Å². The maximum Gasteiger partial charge on any atom is 0.253 e. The second kappa shape index (κ2) is 7.77. The van der Waals surface area contributed by atoms with Crippen LogP contribution in [0.2, 0.25) is 0 Å². The van der Waals surface area contributed by atoms with Crippen LogP contribution in [0.3, 0.4) is 0 Å². The Labute approximate surface area is 152 Å². The van der Waals surface area contributed by atoms with Crippen LogP contribution in [0.5, 0.6) is 0 Å². The van der Waals surface area contributed by atoms with E-state index in [1.54, 1.807) is 11.1 Å². The zero-order valence-electron chi connectivity index (χ0n) is 15.0. The van der Waals surface area contributed by atoms with E-state index in [4.69, 9.17) is 5.73 Å². The van der Waals surface area contributed by atoms with Crippen molar-refractivity contribution in [3.63, 3.8) is 0 Å². The Bertz CT molecular complexity index is 853. The summed E-state index contributed by atoms with van der Waals surface area (Å²) in [7, 11) is 1.81. The highest BCUT2D eigenvalue weighted by atomic mass is 16.2. The van der Waals surface area contributed by atoms with Gasteiger partial charge in [-0.1, -0.05) is 12.1 Å². The molecule has 3 aromatic rings. The molecule has 0 aliphatic heterocycles. The molecular formula is C19H22N6O. The molecule has 0 bridgehead atoms. The van der Waals surface area contributed by atoms with Gasteiger partial charge in [-0.3, -0.25) is 9.48 Å². The molecule has 2 N–H and O–H groups in total. The first kappa shape index (κ1) is 17.6. The van der Waals surface area contributed by atoms with Gasteiger partial charge in [0.2, 0.25) is 5.95 Å². The van der Waals surface area contributed by atoms with Crippen LogP contribution in [0.15, 0.2) is 48.8 Å². The van der Waals surface area contributed by atoms with Gasteiger partial charge < -0.3 is 10.6 Å². The number of nitrogens with two attached hydrogens (primary N) is 1. The Morgan fingerprint density at radius 3 is 2.65 bits per heavy atom. The van der Waals surface area contributed by atoms with Crippen molar-refractivity contribution < 1.29 is 4.79 Å². The van der Waals surface area contributed by atoms with Crippen LogP contribution in [-0.4, -0.2) is 44.1 Å². The van der Waals surface area contributed by atoms with E-state index in [2.05, 4.69) is 15.1 Å². The number of amides is 1. The van der Waals surface area contributed by atoms with Crippen molar-refractivity contribution in [3.8, 4) is 11.3 Å². The first-order valence-electron chi connectivity index (χ1n) is 8.47. The molecule has 0 radical (unpaired) electrons. The van der Waals surface area contributed by atoms with Crippen molar-refractivity contribution in [1.29, 1.82) is 0 Å². The lowest BCUT2D eigenvalue weighted by atomic mass is 10.1. The van der Waals surface area contributed by atoms with Crippen molar-refractivity contribution in [2.45, 2.75) is 19.9 Å². The van der Waals surface area contributed by atoms with Gasteiger partial charge in [0.1, 0.15) is 0 Å². The Morgan fingerprint density at radius 1 is 1.23 bits per heavy atom. The quantitative estimate of drug-likeness (QED) is 0.737. The monoisotopic (exact) mass is 350 g/mol. The topological polar surface area (TPSA) is 89.9 Å². The Hall–Kier alpha value is -3.22. The molecule has 0 atom stereocenters. The molecule has 0 aliphatic carbocycles. The van der Waals surface area contributed by atoms with Gasteiger partial charge in [0.05, 0.1) is 5.69 Å². The van der Waals surface area contributed by atoms with E-state index >= 15 is 0 Å². The van der Waals surface area contributed by atoms with Crippen LogP contribution in [0.1, 0.15) is 22.5 Å². The van der Waals surface area contributed by atoms with Gasteiger partial charge in [0.15, 0.2) is 0 Å². The summed E-state index contributed by atoms with van der Waals surface area (Å²) in [5.41, 5.74) is 8.82. The minimum absolute atomic E-state index is 0.00426. The molecule has 7 nitrogen and oxygen atoms in total. The molecule has 0 spiro atoms. The minimum atomic E-state index is -0.00426. The molecule has 7 heteroatoms. The number of carbonyl (C=O) groups is 1. The highest BCUT2D eigenvalue weighted by molar-refractivity contribution is 5.94. The summed E-state index contributed by atoms with van der Waals surface area (Å²) in [5.74, 6) is 0.243. The molecule has 1 amide bonds. The number of hydrogen-bond acceptors (Lipinski definition) is 5. The smallest absolute Gasteiger partial charge is 0.253 e. The van der Waals surface area contributed by atoms with Crippen LogP contribution >= 0.6 is 0 Å². The minimum Gasteiger partial charge on any atom is -0.368 e. The molecular weight excluding hydrogens is 328 g/mol. The van der Waals surface area contributed by atoms with Crippen molar-refractivity contribution in [2.75, 3.05) is 19.3 Å². The van der Waals surface area contributed by atoms with Gasteiger partial charge in [-0.05, 0) is 37.6 Å². The Morgan fingerprint density at radius 2 is 2.00 bits per heavy atom. The third-order valence-electron chi connectivity index (χ3n) is 4.09. The summed E-state index contributed by atoms with van der Waals surface area (Å²) >= 11 is 0. The summed E-state index contributed by atoms with van der Waals surface area (Å²) in [6.45, 7) is 3.33. The number of nitrogens with zero attached hydrogens (tertiary/aromatic N) is 5. The predicted octanol–water partition coefficient (Wildman–Crippen LogP) is 2.39. The zero-order chi connectivity index (χ0) is 18.5. The molecule has 0 saturated carbocycles. The van der Waals surface area contributed by atoms with Gasteiger partial charge in [-0.25, -0.2) is 9.97 Å². The highest BCUT2D eigenvalue weighted by Gasteiger charge is 2.12. The predicted molar refractivity (Wildman–Crippen MR) is 100 cm³/mol. The standard InChI is InChI=1S/C19H22N6O/c1-14-13-17(23-19(20)22-14)15-5-7-16(8-6-15)18(26)24(2)10-4-12-25-11-3-9-21-25/h3,5-9,11,13H,4,10,12H2,1-2H3,(H2,20,22,23). The molecule has 3 rings (SSSR count). The van der Waals surface area contributed by atoms with E-state index in [1.165, 1.54) is 0 Å². The molecule has 134 valence electrons. The number of anilines is 1. The average Bonchev–Trinajstić information content (AvgIpc) is 3.14. The highest BCUT2D eigenvalue weighted by Crippen LogP contribution is 2.19. The first-order valence-corrected chi connectivity index (χ1v) is 8.47. The fourth-order valence-electron chi connectivity index (χ4n) is 2.75. The number of aromatic nitrogens is 4. The molecule has 0 aliphatic rings. The second-order valence-corrected chi connectivity index (χ2v) is 6.18. The van der Waals surface area contributed by atoms with Gasteiger partial charge in [0, 0.05) is 49.4 Å². The van der Waals surface area contributed by atoms with Gasteiger partial charge >= 0.3 is 0 Å². The summed E-state index contributed by atoms with van der Waals surface area (Å²) in [5, 5.41) is 4.16. The van der Waals surface area contributed by atoms with Crippen LogP contribution in [-0.2, 0) is 6.54 Å². The largest absolute Gasteiger partial charge is 0.368 e. The van der Waals surface area contributed by atoms with Crippen LogP contribution in [0.25, 0.3) is 11.3 Å². The van der Waals surface area contributed by atoms with E-state index < -0.39 is 0 Å². The van der Waals surface area contributed by atoms with Crippen molar-refractivity contribution >= 4 is 11.9 Å². The number of carbonyl (C=O) groups excluding carboxylic acids is 1. The summed E-state index contributed by atoms with van der Waals surface area (Å²) in [6, 6.07) is 11.2. The Balaban J connectivity index is 1.62. The molecule has 1 aromatic carbocycles. The summed E-state index contributed by atoms with van der Waals surface area (Å²) in [6.07, 6.45) is 4.52. The molecule has 2 heterocycles. The number of rotatable bonds is 6. The normalized spacial score (nSPS) is 10.7. The molecule has 0 unspecified atom stereocenters. The van der Waals surface area contributed by atoms with E-state index in [1.807, 2.05) is 61.2 Å². The number of nitrogen functional groups attached to an aromatic ring is 1. The van der Waals surface area contributed by atoms with E-state index in [0.717, 1.165) is 29.9 Å². The SMILES string of the molecule is Cc1cc(-c2ccc(C(=O)N(C)CCCn3cccn3)cc2)nc(N)n1. The molecule has 0 fully saturated rings. The molecule has 2 aromatic heterocycles. The maximum absolute atomic E-state index is 12.6. The van der Waals surface area contributed by atoms with Crippen LogP contribution < -0.4 is 5.73 Å². The number of hydrogen-bond donors (Lipinski definition) is 1. The summed E-state index contributed by atoms with van der Waals surface area (Å²) < 4.78 is 1.86. The van der Waals surface area contributed by atoms with Crippen LogP contribution in [0, 0.1) is 6.92 Å². The zero-order valence-corrected chi connectivity index (χ0v) is 15.0. The van der Waals surface area contributed by atoms with Crippen LogP contribution in [0.4, 0.5) is 5.95 Å². The number of aryl methyl sites for hydroxylation is 2. The fourth-order valence-corrected chi connectivity index (χ4v) is 2.75. The van der Waals surface area contributed by atoms with Crippen molar-refractivity contribution in [3.05, 3.63) is 60.0 Å². The third kappa shape index (κ3) is 4.24. The fraction of sp³-hybridized carbons (Fsp3) is 0.263. The van der Waals surface area contributed by atoms with E-state index in [-0.39, 0.29) is 11.9 Å². The average molecular weight is 350 g/mol. The maximum atomic E-state index is 12.6. The van der Waals surface area contributed by atoms with E-state index in [0.29, 0.717) is 12.1 Å². The third-order valence-corrected chi connectivity index (χ3v) is 4.09. The van der Waals surface area contributed by atoms with Gasteiger partial charge in [-0.2, -0.15) is 5.10 Å². The lowest BCUT2D eigenvalue weighted by Crippen LogP contribution is -2.28. The number of benzene rings is 1. The lowest BCUT2D eigenvalue weighted by Gasteiger charge is -2.17. The first-order chi connectivity index (χ1) is 12.5. The van der Waals surface area contributed by atoms with Gasteiger partial charge in [0.25, 0.3) is 5.91 Å². The van der Waals surface area contributed by atoms with Crippen molar-refractivity contribution in [2.24, 2.45) is 0 Å². The van der Waals surface area contributed by atoms with Gasteiger partial charge in [-0.15, -0.1) is 0 Å². The van der Waals surface area contributed by atoms with Crippen molar-refractivity contribution in [1.82, 2.24) is 24.6 Å². The molecule has 26 heavy (non-hydrogen) atoms. The lowest BCUT2D eigenvalue weighted by molar-refractivity contribution is 0.0791.